The number of hydrogen-bond acceptors (Lipinski definition) is 1. The standard InChI is InChI=1S/C18H18N2/c1-2-14-6-8-15(9-7-14)13-20-11-10-17-16(12-19)4-3-5-18(17)20/h3-12,19H,2,13H2,1H3. The van der Waals surface area contributed by atoms with Gasteiger partial charge in [0.15, 0.2) is 0 Å². The first-order valence-electron chi connectivity index (χ1n) is 6.98. The summed E-state index contributed by atoms with van der Waals surface area (Å²) in [6, 6.07) is 17.0. The van der Waals surface area contributed by atoms with Crippen molar-refractivity contribution in [2.45, 2.75) is 19.9 Å². The average Bonchev–Trinajstić information content (AvgIpc) is 2.91. The number of aromatic nitrogens is 1. The molecule has 1 aromatic heterocycles. The van der Waals surface area contributed by atoms with Gasteiger partial charge in [-0.2, -0.15) is 0 Å². The van der Waals surface area contributed by atoms with Crippen LogP contribution in [-0.2, 0) is 13.0 Å². The molecule has 3 rings (SSSR count). The smallest absolute Gasteiger partial charge is 0.0490 e. The largest absolute Gasteiger partial charge is 0.343 e. The van der Waals surface area contributed by atoms with Crippen LogP contribution in [0.4, 0.5) is 0 Å². The molecule has 0 fully saturated rings. The third-order valence-electron chi connectivity index (χ3n) is 3.79. The normalized spacial score (nSPS) is 10.8. The van der Waals surface area contributed by atoms with E-state index in [1.807, 2.05) is 12.1 Å². The molecular formula is C18H18N2. The average molecular weight is 262 g/mol. The highest BCUT2D eigenvalue weighted by Crippen LogP contribution is 2.20. The lowest BCUT2D eigenvalue weighted by atomic mass is 10.1. The van der Waals surface area contributed by atoms with E-state index in [4.69, 9.17) is 5.41 Å². The number of rotatable bonds is 4. The molecular weight excluding hydrogens is 244 g/mol. The van der Waals surface area contributed by atoms with Crippen LogP contribution in [0.15, 0.2) is 54.7 Å². The van der Waals surface area contributed by atoms with E-state index in [1.54, 1.807) is 0 Å². The van der Waals surface area contributed by atoms with Crippen molar-refractivity contribution in [2.24, 2.45) is 0 Å². The maximum absolute atomic E-state index is 7.47. The zero-order chi connectivity index (χ0) is 13.9. The van der Waals surface area contributed by atoms with Crippen molar-refractivity contribution >= 4 is 17.1 Å². The molecule has 2 heteroatoms. The molecule has 0 atom stereocenters. The molecule has 0 saturated heterocycles. The van der Waals surface area contributed by atoms with Crippen LogP contribution in [0.5, 0.6) is 0 Å². The maximum atomic E-state index is 7.47. The molecule has 2 aromatic carbocycles. The summed E-state index contributed by atoms with van der Waals surface area (Å²) < 4.78 is 2.24. The Labute approximate surface area is 119 Å². The van der Waals surface area contributed by atoms with E-state index in [1.165, 1.54) is 22.9 Å². The van der Waals surface area contributed by atoms with Crippen LogP contribution in [0.25, 0.3) is 10.9 Å². The van der Waals surface area contributed by atoms with Gasteiger partial charge < -0.3 is 9.98 Å². The molecule has 1 N–H and O–H groups in total. The van der Waals surface area contributed by atoms with Gasteiger partial charge in [-0.1, -0.05) is 43.3 Å². The third-order valence-corrected chi connectivity index (χ3v) is 3.79. The van der Waals surface area contributed by atoms with Gasteiger partial charge in [-0.3, -0.25) is 0 Å². The van der Waals surface area contributed by atoms with Crippen LogP contribution >= 0.6 is 0 Å². The minimum absolute atomic E-state index is 0.870. The molecule has 0 unspecified atom stereocenters. The van der Waals surface area contributed by atoms with Crippen LogP contribution in [0.2, 0.25) is 0 Å². The Bertz CT molecular complexity index is 736. The number of nitrogens with zero attached hydrogens (tertiary/aromatic N) is 1. The van der Waals surface area contributed by atoms with E-state index in [9.17, 15) is 0 Å². The fourth-order valence-electron chi connectivity index (χ4n) is 2.59. The molecule has 0 bridgehead atoms. The van der Waals surface area contributed by atoms with Crippen molar-refractivity contribution in [1.29, 1.82) is 5.41 Å². The molecule has 20 heavy (non-hydrogen) atoms. The Morgan fingerprint density at radius 2 is 1.75 bits per heavy atom. The second kappa shape index (κ2) is 5.33. The van der Waals surface area contributed by atoms with Crippen molar-refractivity contribution in [2.75, 3.05) is 0 Å². The van der Waals surface area contributed by atoms with Crippen LogP contribution in [0, 0.1) is 5.41 Å². The predicted octanol–water partition coefficient (Wildman–Crippen LogP) is 4.25. The molecule has 0 radical (unpaired) electrons. The van der Waals surface area contributed by atoms with E-state index >= 15 is 0 Å². The second-order valence-electron chi connectivity index (χ2n) is 5.04. The monoisotopic (exact) mass is 262 g/mol. The van der Waals surface area contributed by atoms with Gasteiger partial charge in [0.25, 0.3) is 0 Å². The Kier molecular flexibility index (Phi) is 3.38. The highest BCUT2D eigenvalue weighted by Gasteiger charge is 2.04. The summed E-state index contributed by atoms with van der Waals surface area (Å²) in [6.07, 6.45) is 4.60. The fraction of sp³-hybridized carbons (Fsp3) is 0.167. The van der Waals surface area contributed by atoms with Crippen molar-refractivity contribution < 1.29 is 0 Å². The van der Waals surface area contributed by atoms with Gasteiger partial charge >= 0.3 is 0 Å². The Balaban J connectivity index is 1.96. The number of fused-ring (bicyclic) bond motifs is 1. The summed E-state index contributed by atoms with van der Waals surface area (Å²) in [7, 11) is 0. The number of benzene rings is 2. The molecule has 100 valence electrons. The SMILES string of the molecule is CCc1ccc(Cn2ccc3c(C=N)cccc32)cc1. The van der Waals surface area contributed by atoms with Gasteiger partial charge in [-0.15, -0.1) is 0 Å². The van der Waals surface area contributed by atoms with E-state index in [0.717, 1.165) is 23.9 Å². The van der Waals surface area contributed by atoms with Crippen molar-refractivity contribution in [3.05, 3.63) is 71.4 Å². The fourth-order valence-corrected chi connectivity index (χ4v) is 2.59. The van der Waals surface area contributed by atoms with Gasteiger partial charge in [-0.05, 0) is 29.7 Å². The van der Waals surface area contributed by atoms with E-state index < -0.39 is 0 Å². The minimum atomic E-state index is 0.870. The van der Waals surface area contributed by atoms with Crippen LogP contribution in [0.1, 0.15) is 23.6 Å². The summed E-state index contributed by atoms with van der Waals surface area (Å²) in [4.78, 5) is 0. The van der Waals surface area contributed by atoms with Gasteiger partial charge in [0.2, 0.25) is 0 Å². The molecule has 1 heterocycles. The lowest BCUT2D eigenvalue weighted by Crippen LogP contribution is -1.98. The molecule has 0 aliphatic rings. The maximum Gasteiger partial charge on any atom is 0.0490 e. The summed E-state index contributed by atoms with van der Waals surface area (Å²) in [6.45, 7) is 3.04. The molecule has 0 spiro atoms. The van der Waals surface area contributed by atoms with E-state index in [-0.39, 0.29) is 0 Å². The highest BCUT2D eigenvalue weighted by molar-refractivity contribution is 5.97. The van der Waals surface area contributed by atoms with Crippen molar-refractivity contribution in [3.63, 3.8) is 0 Å². The lowest BCUT2D eigenvalue weighted by Gasteiger charge is -2.07. The Morgan fingerprint density at radius 3 is 2.45 bits per heavy atom. The van der Waals surface area contributed by atoms with Gasteiger partial charge in [0.1, 0.15) is 0 Å². The number of aryl methyl sites for hydroxylation is 1. The van der Waals surface area contributed by atoms with Gasteiger partial charge in [0, 0.05) is 35.4 Å². The lowest BCUT2D eigenvalue weighted by molar-refractivity contribution is 0.836. The zero-order valence-electron chi connectivity index (χ0n) is 11.6. The Hall–Kier alpha value is -2.35. The second-order valence-corrected chi connectivity index (χ2v) is 5.04. The highest BCUT2D eigenvalue weighted by atomic mass is 14.9. The van der Waals surface area contributed by atoms with Gasteiger partial charge in [-0.25, -0.2) is 0 Å². The molecule has 0 aliphatic heterocycles. The van der Waals surface area contributed by atoms with Gasteiger partial charge in [0.05, 0.1) is 0 Å². The van der Waals surface area contributed by atoms with Crippen molar-refractivity contribution in [1.82, 2.24) is 4.57 Å². The molecule has 0 amide bonds. The molecule has 2 nitrogen and oxygen atoms in total. The molecule has 0 saturated carbocycles. The predicted molar refractivity (Wildman–Crippen MR) is 84.7 cm³/mol. The summed E-state index contributed by atoms with van der Waals surface area (Å²) in [5.74, 6) is 0. The summed E-state index contributed by atoms with van der Waals surface area (Å²) >= 11 is 0. The first kappa shape index (κ1) is 12.7. The topological polar surface area (TPSA) is 28.8 Å². The third kappa shape index (κ3) is 2.25. The molecule has 3 aromatic rings. The summed E-state index contributed by atoms with van der Waals surface area (Å²) in [5, 5.41) is 8.61. The first-order valence-corrected chi connectivity index (χ1v) is 6.98. The van der Waals surface area contributed by atoms with Crippen molar-refractivity contribution in [3.8, 4) is 0 Å². The number of nitrogens with one attached hydrogen (secondary N) is 1. The summed E-state index contributed by atoms with van der Waals surface area (Å²) in [5.41, 5.74) is 4.84. The number of hydrogen-bond donors (Lipinski definition) is 1. The Morgan fingerprint density at radius 1 is 1.00 bits per heavy atom. The van der Waals surface area contributed by atoms with E-state index in [2.05, 4.69) is 54.1 Å². The molecule has 0 aliphatic carbocycles. The van der Waals surface area contributed by atoms with Crippen LogP contribution in [0.3, 0.4) is 0 Å². The quantitative estimate of drug-likeness (QED) is 0.681. The minimum Gasteiger partial charge on any atom is -0.343 e. The first-order chi connectivity index (χ1) is 9.81. The van der Waals surface area contributed by atoms with E-state index in [0.29, 0.717) is 0 Å². The van der Waals surface area contributed by atoms with Crippen LogP contribution in [-0.4, -0.2) is 10.8 Å². The zero-order valence-corrected chi connectivity index (χ0v) is 11.6. The van der Waals surface area contributed by atoms with Crippen LogP contribution < -0.4 is 0 Å².